The van der Waals surface area contributed by atoms with Crippen LogP contribution in [-0.4, -0.2) is 74.0 Å². The van der Waals surface area contributed by atoms with Gasteiger partial charge in [0.25, 0.3) is 5.91 Å². The summed E-state index contributed by atoms with van der Waals surface area (Å²) in [4.78, 5) is 24.4. The topological polar surface area (TPSA) is 104 Å². The van der Waals surface area contributed by atoms with Gasteiger partial charge in [-0.25, -0.2) is 13.2 Å². The average molecular weight is 362 g/mol. The summed E-state index contributed by atoms with van der Waals surface area (Å²) >= 11 is 0.985. The largest absolute Gasteiger partial charge is 0.480 e. The summed E-state index contributed by atoms with van der Waals surface area (Å²) in [7, 11) is -2.47. The number of carboxylic acids is 1. The molecule has 8 nitrogen and oxygen atoms in total. The molecule has 0 spiro atoms. The molecule has 1 saturated heterocycles. The third-order valence-corrected chi connectivity index (χ3v) is 6.64. The molecule has 1 atom stereocenters. The van der Waals surface area contributed by atoms with Crippen molar-refractivity contribution in [1.82, 2.24) is 9.21 Å². The number of carbonyl (C=O) groups excluding carboxylic acids is 1. The zero-order valence-corrected chi connectivity index (χ0v) is 14.4. The van der Waals surface area contributed by atoms with Crippen molar-refractivity contribution in [3.8, 4) is 0 Å². The lowest BCUT2D eigenvalue weighted by atomic mass is 10.3. The molecule has 1 fully saturated rings. The van der Waals surface area contributed by atoms with Crippen molar-refractivity contribution in [1.29, 1.82) is 0 Å². The van der Waals surface area contributed by atoms with Crippen molar-refractivity contribution in [2.75, 3.05) is 33.4 Å². The third kappa shape index (κ3) is 3.55. The molecule has 1 unspecified atom stereocenters. The minimum absolute atomic E-state index is 0.0205. The van der Waals surface area contributed by atoms with E-state index in [-0.39, 0.29) is 22.9 Å². The molecule has 128 valence electrons. The number of amides is 1. The van der Waals surface area contributed by atoms with Gasteiger partial charge in [-0.15, -0.1) is 11.3 Å². The predicted molar refractivity (Wildman–Crippen MR) is 83.1 cm³/mol. The van der Waals surface area contributed by atoms with E-state index in [0.717, 1.165) is 16.2 Å². The first-order valence-corrected chi connectivity index (χ1v) is 9.24. The molecule has 0 aliphatic carbocycles. The van der Waals surface area contributed by atoms with Crippen LogP contribution in [0.2, 0.25) is 0 Å². The van der Waals surface area contributed by atoms with E-state index in [1.54, 1.807) is 0 Å². The van der Waals surface area contributed by atoms with Gasteiger partial charge in [-0.2, -0.15) is 4.31 Å². The summed E-state index contributed by atoms with van der Waals surface area (Å²) in [5.74, 6) is -1.78. The average Bonchev–Trinajstić information content (AvgIpc) is 3.03. The Balaban J connectivity index is 2.32. The fourth-order valence-electron chi connectivity index (χ4n) is 2.08. The fraction of sp³-hybridized carbons (Fsp3) is 0.538. The zero-order valence-electron chi connectivity index (χ0n) is 12.8. The van der Waals surface area contributed by atoms with Crippen molar-refractivity contribution in [2.24, 2.45) is 0 Å². The Bertz CT molecular complexity index is 693. The number of ether oxygens (including phenoxy) is 1. The van der Waals surface area contributed by atoms with Gasteiger partial charge < -0.3 is 14.7 Å². The number of carbonyl (C=O) groups is 2. The Morgan fingerprint density at radius 2 is 2.00 bits per heavy atom. The second-order valence-corrected chi connectivity index (χ2v) is 7.88. The SMILES string of the molecule is CC(C(=O)O)N(C)C(=O)c1sccc1S(=O)(=O)N1CCOCC1. The Labute approximate surface area is 138 Å². The van der Waals surface area contributed by atoms with Crippen LogP contribution in [0.15, 0.2) is 16.3 Å². The minimum Gasteiger partial charge on any atom is -0.480 e. The van der Waals surface area contributed by atoms with Gasteiger partial charge in [0.1, 0.15) is 15.8 Å². The van der Waals surface area contributed by atoms with Gasteiger partial charge in [0.05, 0.1) is 13.2 Å². The zero-order chi connectivity index (χ0) is 17.2. The second kappa shape index (κ2) is 6.95. The van der Waals surface area contributed by atoms with Crippen molar-refractivity contribution < 1.29 is 27.9 Å². The molecular formula is C13H18N2O6S2. The molecule has 0 aromatic carbocycles. The Hall–Kier alpha value is -1.49. The van der Waals surface area contributed by atoms with Crippen LogP contribution in [-0.2, 0) is 19.6 Å². The van der Waals surface area contributed by atoms with Gasteiger partial charge in [-0.05, 0) is 18.4 Å². The van der Waals surface area contributed by atoms with Crippen LogP contribution < -0.4 is 0 Å². The lowest BCUT2D eigenvalue weighted by molar-refractivity contribution is -0.141. The molecule has 10 heteroatoms. The fourth-order valence-corrected chi connectivity index (χ4v) is 4.87. The van der Waals surface area contributed by atoms with Gasteiger partial charge in [0.2, 0.25) is 10.0 Å². The molecule has 2 rings (SSSR count). The van der Waals surface area contributed by atoms with Crippen LogP contribution in [0.25, 0.3) is 0 Å². The highest BCUT2D eigenvalue weighted by Gasteiger charge is 2.33. The summed E-state index contributed by atoms with van der Waals surface area (Å²) in [6, 6.07) is 0.325. The molecule has 2 heterocycles. The van der Waals surface area contributed by atoms with E-state index in [0.29, 0.717) is 13.2 Å². The maximum absolute atomic E-state index is 12.7. The van der Waals surface area contributed by atoms with Gasteiger partial charge in [0.15, 0.2) is 0 Å². The number of sulfonamides is 1. The first kappa shape index (κ1) is 17.9. The van der Waals surface area contributed by atoms with E-state index < -0.39 is 27.9 Å². The highest BCUT2D eigenvalue weighted by Crippen LogP contribution is 2.27. The van der Waals surface area contributed by atoms with E-state index in [1.165, 1.54) is 29.7 Å². The number of thiophene rings is 1. The minimum atomic E-state index is -3.81. The maximum Gasteiger partial charge on any atom is 0.326 e. The molecule has 1 aromatic rings. The van der Waals surface area contributed by atoms with E-state index in [9.17, 15) is 18.0 Å². The van der Waals surface area contributed by atoms with Crippen LogP contribution in [0.1, 0.15) is 16.6 Å². The van der Waals surface area contributed by atoms with E-state index in [4.69, 9.17) is 9.84 Å². The van der Waals surface area contributed by atoms with Crippen molar-refractivity contribution in [3.63, 3.8) is 0 Å². The first-order valence-electron chi connectivity index (χ1n) is 6.92. The van der Waals surface area contributed by atoms with Crippen molar-refractivity contribution in [2.45, 2.75) is 17.9 Å². The summed E-state index contributed by atoms with van der Waals surface area (Å²) < 4.78 is 31.8. The van der Waals surface area contributed by atoms with Crippen molar-refractivity contribution in [3.05, 3.63) is 16.3 Å². The summed E-state index contributed by atoms with van der Waals surface area (Å²) in [6.07, 6.45) is 0. The summed E-state index contributed by atoms with van der Waals surface area (Å²) in [5, 5.41) is 10.5. The predicted octanol–water partition coefficient (Wildman–Crippen LogP) is 0.314. The lowest BCUT2D eigenvalue weighted by Gasteiger charge is -2.26. The van der Waals surface area contributed by atoms with Gasteiger partial charge in [0, 0.05) is 20.1 Å². The third-order valence-electron chi connectivity index (χ3n) is 3.67. The molecular weight excluding hydrogens is 344 g/mol. The summed E-state index contributed by atoms with van der Waals surface area (Å²) in [5.41, 5.74) is 0. The highest BCUT2D eigenvalue weighted by atomic mass is 32.2. The van der Waals surface area contributed by atoms with Crippen LogP contribution in [0, 0.1) is 0 Å². The lowest BCUT2D eigenvalue weighted by Crippen LogP contribution is -2.42. The van der Waals surface area contributed by atoms with Crippen molar-refractivity contribution >= 4 is 33.2 Å². The molecule has 1 aliphatic heterocycles. The Morgan fingerprint density at radius 3 is 2.57 bits per heavy atom. The number of rotatable bonds is 5. The normalized spacial score (nSPS) is 17.7. The molecule has 1 aromatic heterocycles. The van der Waals surface area contributed by atoms with Crippen LogP contribution in [0.5, 0.6) is 0 Å². The van der Waals surface area contributed by atoms with E-state index in [2.05, 4.69) is 0 Å². The standard InChI is InChI=1S/C13H18N2O6S2/c1-9(13(17)18)14(2)12(16)11-10(3-8-22-11)23(19,20)15-4-6-21-7-5-15/h3,8-9H,4-7H2,1-2H3,(H,17,18). The monoisotopic (exact) mass is 362 g/mol. The molecule has 1 amide bonds. The van der Waals surface area contributed by atoms with Crippen LogP contribution in [0.4, 0.5) is 0 Å². The second-order valence-electron chi connectivity index (χ2n) is 5.06. The number of hydrogen-bond donors (Lipinski definition) is 1. The first-order chi connectivity index (χ1) is 10.8. The number of hydrogen-bond acceptors (Lipinski definition) is 6. The number of morpholine rings is 1. The van der Waals surface area contributed by atoms with Gasteiger partial charge >= 0.3 is 5.97 Å². The van der Waals surface area contributed by atoms with Gasteiger partial charge in [-0.1, -0.05) is 0 Å². The maximum atomic E-state index is 12.7. The molecule has 1 N–H and O–H groups in total. The number of likely N-dealkylation sites (N-methyl/N-ethyl adjacent to an activating group) is 1. The number of carboxylic acid groups (broad SMARTS) is 1. The van der Waals surface area contributed by atoms with Crippen LogP contribution in [0.3, 0.4) is 0 Å². The molecule has 0 bridgehead atoms. The molecule has 0 radical (unpaired) electrons. The molecule has 23 heavy (non-hydrogen) atoms. The smallest absolute Gasteiger partial charge is 0.326 e. The van der Waals surface area contributed by atoms with Crippen LogP contribution >= 0.6 is 11.3 Å². The molecule has 0 saturated carbocycles. The quantitative estimate of drug-likeness (QED) is 0.809. The molecule has 1 aliphatic rings. The van der Waals surface area contributed by atoms with E-state index >= 15 is 0 Å². The Kier molecular flexibility index (Phi) is 5.40. The summed E-state index contributed by atoms with van der Waals surface area (Å²) in [6.45, 7) is 2.44. The number of nitrogens with zero attached hydrogens (tertiary/aromatic N) is 2. The van der Waals surface area contributed by atoms with Gasteiger partial charge in [-0.3, -0.25) is 4.79 Å². The Morgan fingerprint density at radius 1 is 1.39 bits per heavy atom. The number of aliphatic carboxylic acids is 1. The van der Waals surface area contributed by atoms with E-state index in [1.807, 2.05) is 0 Å². The highest BCUT2D eigenvalue weighted by molar-refractivity contribution is 7.89.